The Morgan fingerprint density at radius 2 is 1.88 bits per heavy atom. The minimum Gasteiger partial charge on any atom is -0.247 e. The summed E-state index contributed by atoms with van der Waals surface area (Å²) in [4.78, 5) is 0. The van der Waals surface area contributed by atoms with Gasteiger partial charge in [0, 0.05) is 0 Å². The third-order valence-corrected chi connectivity index (χ3v) is 0.708. The summed E-state index contributed by atoms with van der Waals surface area (Å²) < 4.78 is 11.3. The first kappa shape index (κ1) is 7.41. The average Bonchev–Trinajstić information content (AvgIpc) is 1.81. The highest BCUT2D eigenvalue weighted by Crippen LogP contribution is 1.81. The monoisotopic (exact) mass is 114 g/mol. The van der Waals surface area contributed by atoms with Gasteiger partial charge in [-0.2, -0.15) is 0 Å². The molecule has 0 radical (unpaired) electrons. The Balaban J connectivity index is 3.13. The fourth-order valence-corrected chi connectivity index (χ4v) is 0.345. The lowest BCUT2D eigenvalue weighted by molar-refractivity contribution is 0.562. The van der Waals surface area contributed by atoms with E-state index in [1.165, 1.54) is 6.08 Å². The van der Waals surface area contributed by atoms with Crippen molar-refractivity contribution in [3.8, 4) is 0 Å². The third-order valence-electron chi connectivity index (χ3n) is 0.708. The Labute approximate surface area is 49.7 Å². The highest BCUT2D eigenvalue weighted by atomic mass is 19.1. The van der Waals surface area contributed by atoms with Crippen LogP contribution in [0.15, 0.2) is 24.3 Å². The zero-order valence-corrected chi connectivity index (χ0v) is 5.10. The summed E-state index contributed by atoms with van der Waals surface area (Å²) in [6, 6.07) is 0. The van der Waals surface area contributed by atoms with Crippen LogP contribution in [-0.4, -0.2) is 6.67 Å². The Morgan fingerprint density at radius 3 is 2.38 bits per heavy atom. The van der Waals surface area contributed by atoms with Crippen molar-refractivity contribution in [2.24, 2.45) is 0 Å². The van der Waals surface area contributed by atoms with E-state index in [0.29, 0.717) is 0 Å². The lowest BCUT2D eigenvalue weighted by Crippen LogP contribution is -1.58. The topological polar surface area (TPSA) is 0 Å². The standard InChI is InChI=1S/C7H11F/c1-2-3-4-5-6-7-8/h3-6H,2,7H2,1H3. The second kappa shape index (κ2) is 6.41. The fraction of sp³-hybridized carbons (Fsp3) is 0.429. The number of halogens is 1. The van der Waals surface area contributed by atoms with Crippen LogP contribution in [0, 0.1) is 0 Å². The summed E-state index contributed by atoms with van der Waals surface area (Å²) >= 11 is 0. The number of allylic oxidation sites excluding steroid dienone is 4. The van der Waals surface area contributed by atoms with Crippen LogP contribution < -0.4 is 0 Å². The summed E-state index contributed by atoms with van der Waals surface area (Å²) in [5.41, 5.74) is 0. The number of rotatable bonds is 3. The van der Waals surface area contributed by atoms with Gasteiger partial charge in [-0.25, -0.2) is 4.39 Å². The van der Waals surface area contributed by atoms with Gasteiger partial charge in [-0.1, -0.05) is 31.2 Å². The second-order valence-corrected chi connectivity index (χ2v) is 1.42. The predicted octanol–water partition coefficient (Wildman–Crippen LogP) is 2.48. The molecule has 0 rings (SSSR count). The molecule has 0 aliphatic carbocycles. The molecule has 0 nitrogen and oxygen atoms in total. The molecule has 0 aromatic carbocycles. The van der Waals surface area contributed by atoms with Crippen molar-refractivity contribution >= 4 is 0 Å². The van der Waals surface area contributed by atoms with E-state index in [-0.39, 0.29) is 6.67 Å². The van der Waals surface area contributed by atoms with Gasteiger partial charge < -0.3 is 0 Å². The molecule has 0 aromatic heterocycles. The van der Waals surface area contributed by atoms with Crippen molar-refractivity contribution < 1.29 is 4.39 Å². The van der Waals surface area contributed by atoms with Crippen LogP contribution in [-0.2, 0) is 0 Å². The molecule has 0 saturated heterocycles. The van der Waals surface area contributed by atoms with Gasteiger partial charge >= 0.3 is 0 Å². The van der Waals surface area contributed by atoms with Crippen LogP contribution in [0.25, 0.3) is 0 Å². The maximum Gasteiger partial charge on any atom is 0.108 e. The molecule has 0 spiro atoms. The van der Waals surface area contributed by atoms with Gasteiger partial charge in [-0.3, -0.25) is 0 Å². The van der Waals surface area contributed by atoms with Gasteiger partial charge in [0.2, 0.25) is 0 Å². The molecule has 0 heterocycles. The largest absolute Gasteiger partial charge is 0.247 e. The van der Waals surface area contributed by atoms with E-state index in [9.17, 15) is 4.39 Å². The van der Waals surface area contributed by atoms with Crippen LogP contribution >= 0.6 is 0 Å². The van der Waals surface area contributed by atoms with Crippen molar-refractivity contribution in [1.82, 2.24) is 0 Å². The van der Waals surface area contributed by atoms with Gasteiger partial charge in [-0.15, -0.1) is 0 Å². The molecule has 0 amide bonds. The number of hydrogen-bond acceptors (Lipinski definition) is 0. The zero-order valence-electron chi connectivity index (χ0n) is 5.10. The average molecular weight is 114 g/mol. The molecule has 0 aromatic rings. The van der Waals surface area contributed by atoms with Crippen molar-refractivity contribution in [2.75, 3.05) is 6.67 Å². The van der Waals surface area contributed by atoms with Crippen LogP contribution in [0.4, 0.5) is 4.39 Å². The first-order valence-electron chi connectivity index (χ1n) is 2.79. The van der Waals surface area contributed by atoms with Crippen molar-refractivity contribution in [3.63, 3.8) is 0 Å². The van der Waals surface area contributed by atoms with E-state index >= 15 is 0 Å². The quantitative estimate of drug-likeness (QED) is 0.494. The maximum atomic E-state index is 11.3. The molecule has 46 valence electrons. The SMILES string of the molecule is CCC=CC=CCF. The number of alkyl halides is 1. The summed E-state index contributed by atoms with van der Waals surface area (Å²) in [5, 5.41) is 0. The first-order valence-corrected chi connectivity index (χ1v) is 2.79. The lowest BCUT2D eigenvalue weighted by Gasteiger charge is -1.72. The molecule has 0 aliphatic heterocycles. The Kier molecular flexibility index (Phi) is 5.94. The first-order chi connectivity index (χ1) is 3.91. The summed E-state index contributed by atoms with van der Waals surface area (Å²) in [6.45, 7) is 1.67. The van der Waals surface area contributed by atoms with Gasteiger partial charge in [0.1, 0.15) is 6.67 Å². The van der Waals surface area contributed by atoms with Crippen molar-refractivity contribution in [2.45, 2.75) is 13.3 Å². The van der Waals surface area contributed by atoms with Gasteiger partial charge in [0.15, 0.2) is 0 Å². The van der Waals surface area contributed by atoms with E-state index in [2.05, 4.69) is 0 Å². The molecule has 0 unspecified atom stereocenters. The van der Waals surface area contributed by atoms with E-state index in [4.69, 9.17) is 0 Å². The Morgan fingerprint density at radius 1 is 1.25 bits per heavy atom. The molecule has 8 heavy (non-hydrogen) atoms. The van der Waals surface area contributed by atoms with E-state index in [0.717, 1.165) is 6.42 Å². The molecule has 0 N–H and O–H groups in total. The summed E-state index contributed by atoms with van der Waals surface area (Å²) in [5.74, 6) is 0. The highest BCUT2D eigenvalue weighted by Gasteiger charge is 1.63. The van der Waals surface area contributed by atoms with E-state index < -0.39 is 0 Å². The molecule has 0 bridgehead atoms. The molecule has 1 heteroatoms. The van der Waals surface area contributed by atoms with Crippen molar-refractivity contribution in [3.05, 3.63) is 24.3 Å². The predicted molar refractivity (Wildman–Crippen MR) is 34.5 cm³/mol. The summed E-state index contributed by atoms with van der Waals surface area (Å²) in [7, 11) is 0. The maximum absolute atomic E-state index is 11.3. The minimum atomic E-state index is -0.367. The fourth-order valence-electron chi connectivity index (χ4n) is 0.345. The van der Waals surface area contributed by atoms with Crippen LogP contribution in [0.1, 0.15) is 13.3 Å². The van der Waals surface area contributed by atoms with Crippen molar-refractivity contribution in [1.29, 1.82) is 0 Å². The highest BCUT2D eigenvalue weighted by molar-refractivity contribution is 5.01. The van der Waals surface area contributed by atoms with E-state index in [1.54, 1.807) is 6.08 Å². The van der Waals surface area contributed by atoms with Crippen LogP contribution in [0.2, 0.25) is 0 Å². The van der Waals surface area contributed by atoms with Gasteiger partial charge in [-0.05, 0) is 6.42 Å². The summed E-state index contributed by atoms with van der Waals surface area (Å²) in [6.07, 6.45) is 8.03. The lowest BCUT2D eigenvalue weighted by atomic mass is 10.4. The smallest absolute Gasteiger partial charge is 0.108 e. The van der Waals surface area contributed by atoms with Crippen LogP contribution in [0.5, 0.6) is 0 Å². The molecule has 0 atom stereocenters. The zero-order chi connectivity index (χ0) is 6.24. The Hall–Kier alpha value is -0.590. The molecule has 0 saturated carbocycles. The molecular formula is C7H11F. The van der Waals surface area contributed by atoms with Gasteiger partial charge in [0.05, 0.1) is 0 Å². The third kappa shape index (κ3) is 5.41. The molecule has 0 fully saturated rings. The van der Waals surface area contributed by atoms with Gasteiger partial charge in [0.25, 0.3) is 0 Å². The molecule has 0 aliphatic rings. The van der Waals surface area contributed by atoms with E-state index in [1.807, 2.05) is 19.1 Å². The Bertz CT molecular complexity index is 70.4. The number of hydrogen-bond donors (Lipinski definition) is 0. The second-order valence-electron chi connectivity index (χ2n) is 1.42. The van der Waals surface area contributed by atoms with Crippen LogP contribution in [0.3, 0.4) is 0 Å². The minimum absolute atomic E-state index is 0.367. The normalized spacial score (nSPS) is 11.8. The molecular weight excluding hydrogens is 103 g/mol.